The van der Waals surface area contributed by atoms with Crippen molar-refractivity contribution in [2.45, 2.75) is 96.8 Å². The lowest BCUT2D eigenvalue weighted by atomic mass is 10.0. The quantitative estimate of drug-likeness (QED) is 0.0531. The van der Waals surface area contributed by atoms with Crippen LogP contribution in [-0.4, -0.2) is 21.3 Å². The van der Waals surface area contributed by atoms with Crippen LogP contribution < -0.4 is 0 Å². The summed E-state index contributed by atoms with van der Waals surface area (Å²) < 4.78 is 8.88. The fraction of sp³-hybridized carbons (Fsp3) is 0.889. The molecule has 0 aliphatic carbocycles. The number of hydrogen-bond donors (Lipinski definition) is 3. The van der Waals surface area contributed by atoms with E-state index in [1.54, 1.807) is 0 Å². The molecule has 194 valence electrons. The van der Waals surface area contributed by atoms with Crippen LogP contribution in [-0.2, 0) is 49.6 Å². The van der Waals surface area contributed by atoms with Crippen molar-refractivity contribution in [3.05, 3.63) is 12.8 Å². The third kappa shape index (κ3) is 43.2. The van der Waals surface area contributed by atoms with E-state index in [9.17, 15) is 0 Å². The van der Waals surface area contributed by atoms with E-state index in [2.05, 4.69) is 53.7 Å². The Labute approximate surface area is 189 Å². The Kier molecular flexibility index (Phi) is 29.7. The third-order valence-corrected chi connectivity index (χ3v) is 3.90. The van der Waals surface area contributed by atoms with Gasteiger partial charge < -0.3 is 19.6 Å². The van der Waals surface area contributed by atoms with Gasteiger partial charge in [0.25, 0.3) is 0 Å². The van der Waals surface area contributed by atoms with Crippen LogP contribution >= 0.6 is 7.82 Å². The molecule has 13 nitrogen and oxygen atoms in total. The number of rotatable bonds is 24. The molecule has 3 N–H and O–H groups in total. The van der Waals surface area contributed by atoms with E-state index >= 15 is 0 Å². The zero-order valence-corrected chi connectivity index (χ0v) is 19.7. The summed E-state index contributed by atoms with van der Waals surface area (Å²) in [6.07, 6.45) is 19.1. The van der Waals surface area contributed by atoms with E-state index < -0.39 is 7.82 Å². The van der Waals surface area contributed by atoms with Crippen LogP contribution in [0.2, 0.25) is 0 Å². The molecule has 0 rings (SSSR count). The molecule has 0 spiro atoms. The van der Waals surface area contributed by atoms with Gasteiger partial charge in [0, 0.05) is 20.2 Å². The first-order chi connectivity index (χ1) is 15.4. The summed E-state index contributed by atoms with van der Waals surface area (Å²) in [6, 6.07) is 0. The van der Waals surface area contributed by atoms with E-state index in [1.807, 2.05) is 0 Å². The average molecular weight is 494 g/mol. The van der Waals surface area contributed by atoms with E-state index in [1.165, 1.54) is 77.0 Å². The molecule has 0 atom stereocenters. The van der Waals surface area contributed by atoms with Crippen molar-refractivity contribution in [1.82, 2.24) is 0 Å². The van der Waals surface area contributed by atoms with Crippen molar-refractivity contribution in [1.29, 1.82) is 0 Å². The molecule has 0 aliphatic rings. The van der Waals surface area contributed by atoms with Crippen LogP contribution in [0.4, 0.5) is 0 Å². The Morgan fingerprint density at radius 1 is 0.625 bits per heavy atom. The number of hydrogen-bond acceptors (Lipinski definition) is 10. The summed E-state index contributed by atoms with van der Waals surface area (Å²) >= 11 is 0. The van der Waals surface area contributed by atoms with Crippen LogP contribution in [0.3, 0.4) is 0 Å². The minimum absolute atomic E-state index is 0.384. The number of unbranched alkanes of at least 4 members (excludes halogenated alkanes) is 13. The highest BCUT2D eigenvalue weighted by Crippen LogP contribution is 2.25. The Hall–Kier alpha value is -0.670. The van der Waals surface area contributed by atoms with Gasteiger partial charge >= 0.3 is 7.82 Å². The van der Waals surface area contributed by atoms with Gasteiger partial charge in [0.15, 0.2) is 0 Å². The molecule has 0 aromatic heterocycles. The molecule has 0 amide bonds. The Balaban J connectivity index is 0. The van der Waals surface area contributed by atoms with Gasteiger partial charge in [-0.3, -0.25) is 0 Å². The Bertz CT molecular complexity index is 400. The molecule has 0 aromatic carbocycles. The minimum atomic E-state index is -4.64. The highest BCUT2D eigenvalue weighted by atomic mass is 31.2. The predicted octanol–water partition coefficient (Wildman–Crippen LogP) is 5.15. The molecule has 0 aliphatic heterocycles. The molecule has 0 saturated carbocycles. The van der Waals surface area contributed by atoms with Gasteiger partial charge in [0.1, 0.15) is 6.26 Å². The molecule has 0 unspecified atom stereocenters. The van der Waals surface area contributed by atoms with E-state index in [0.29, 0.717) is 6.61 Å². The van der Waals surface area contributed by atoms with Crippen molar-refractivity contribution < 1.29 is 64.3 Å². The minimum Gasteiger partial charge on any atom is -0.315 e. The highest BCUT2D eigenvalue weighted by molar-refractivity contribution is 7.45. The molecule has 0 fully saturated rings. The summed E-state index contributed by atoms with van der Waals surface area (Å²) in [7, 11) is -4.64. The molecular formula is C18H39O13P. The average Bonchev–Trinajstić information content (AvgIpc) is 2.73. The molecule has 14 heteroatoms. The summed E-state index contributed by atoms with van der Waals surface area (Å²) in [5, 5.41) is 27.3. The van der Waals surface area contributed by atoms with Gasteiger partial charge in [-0.15, -0.1) is 0 Å². The molecule has 0 heterocycles. The SMILES string of the molecule is C=COOOOOOOOOCCCCCCCCCCCCCCCC.O=P(O)(O)O. The number of phosphoric acid groups is 1. The van der Waals surface area contributed by atoms with Crippen LogP contribution in [0.15, 0.2) is 12.8 Å². The predicted molar refractivity (Wildman–Crippen MR) is 109 cm³/mol. The van der Waals surface area contributed by atoms with Gasteiger partial charge in [-0.05, 0) is 21.5 Å². The smallest absolute Gasteiger partial charge is 0.315 e. The van der Waals surface area contributed by atoms with Gasteiger partial charge in [0.05, 0.1) is 6.61 Å². The van der Waals surface area contributed by atoms with Crippen LogP contribution in [0.25, 0.3) is 0 Å². The molecular weight excluding hydrogens is 455 g/mol. The van der Waals surface area contributed by atoms with Crippen LogP contribution in [0.1, 0.15) is 96.8 Å². The van der Waals surface area contributed by atoms with Crippen molar-refractivity contribution in [2.75, 3.05) is 6.61 Å². The van der Waals surface area contributed by atoms with Crippen LogP contribution in [0.5, 0.6) is 0 Å². The first-order valence-corrected chi connectivity index (χ1v) is 12.3. The summed E-state index contributed by atoms with van der Waals surface area (Å²) in [4.78, 5) is 30.3. The zero-order chi connectivity index (χ0) is 24.2. The van der Waals surface area contributed by atoms with Gasteiger partial charge in [-0.25, -0.2) is 9.45 Å². The second-order valence-electron chi connectivity index (χ2n) is 6.67. The van der Waals surface area contributed by atoms with Gasteiger partial charge in [0.2, 0.25) is 0 Å². The molecule has 0 aromatic rings. The topological polar surface area (TPSA) is 161 Å². The van der Waals surface area contributed by atoms with Crippen molar-refractivity contribution in [2.24, 2.45) is 0 Å². The van der Waals surface area contributed by atoms with Crippen LogP contribution in [0, 0.1) is 0 Å². The summed E-state index contributed by atoms with van der Waals surface area (Å²) in [5.74, 6) is 0. The van der Waals surface area contributed by atoms with Gasteiger partial charge in [-0.1, -0.05) is 97.0 Å². The largest absolute Gasteiger partial charge is 0.466 e. The van der Waals surface area contributed by atoms with E-state index in [-0.39, 0.29) is 0 Å². The lowest BCUT2D eigenvalue weighted by Gasteiger charge is -2.03. The fourth-order valence-corrected chi connectivity index (χ4v) is 2.51. The lowest BCUT2D eigenvalue weighted by Crippen LogP contribution is -2.02. The van der Waals surface area contributed by atoms with Gasteiger partial charge in [-0.2, -0.15) is 0 Å². The fourth-order valence-electron chi connectivity index (χ4n) is 2.51. The van der Waals surface area contributed by atoms with E-state index in [0.717, 1.165) is 19.1 Å². The Morgan fingerprint density at radius 3 is 1.38 bits per heavy atom. The van der Waals surface area contributed by atoms with Crippen molar-refractivity contribution >= 4 is 7.82 Å². The highest BCUT2D eigenvalue weighted by Gasteiger charge is 2.00. The molecule has 0 radical (unpaired) electrons. The second kappa shape index (κ2) is 28.4. The maximum Gasteiger partial charge on any atom is 0.466 e. The maximum atomic E-state index is 8.88. The molecule has 0 bridgehead atoms. The summed E-state index contributed by atoms with van der Waals surface area (Å²) in [6.45, 7) is 5.81. The van der Waals surface area contributed by atoms with E-state index in [4.69, 9.17) is 24.1 Å². The summed E-state index contributed by atoms with van der Waals surface area (Å²) in [5.41, 5.74) is 0. The lowest BCUT2D eigenvalue weighted by molar-refractivity contribution is -0.829. The standard InChI is InChI=1S/C18H36O9.H3O4P/c1-3-5-6-7-8-9-10-11-12-13-14-15-16-17-18-20-22-24-26-27-25-23-21-19-4-2;1-5(2,3)4/h4H,2-3,5-18H2,1H3;(H3,1,2,3,4). The maximum absolute atomic E-state index is 8.88. The molecule has 32 heavy (non-hydrogen) atoms. The van der Waals surface area contributed by atoms with Crippen molar-refractivity contribution in [3.63, 3.8) is 0 Å². The van der Waals surface area contributed by atoms with Crippen molar-refractivity contribution in [3.8, 4) is 0 Å². The second-order valence-corrected chi connectivity index (χ2v) is 7.70. The first kappa shape index (κ1) is 33.5. The molecule has 0 saturated heterocycles. The zero-order valence-electron chi connectivity index (χ0n) is 18.8. The normalized spacial score (nSPS) is 11.1. The third-order valence-electron chi connectivity index (χ3n) is 3.90. The Morgan fingerprint density at radius 2 is 0.969 bits per heavy atom. The monoisotopic (exact) mass is 494 g/mol. The first-order valence-electron chi connectivity index (χ1n) is 10.8.